The highest BCUT2D eigenvalue weighted by Gasteiger charge is 2.35. The van der Waals surface area contributed by atoms with Gasteiger partial charge in [0.05, 0.1) is 5.69 Å². The van der Waals surface area contributed by atoms with Gasteiger partial charge in [0.2, 0.25) is 0 Å². The average molecular weight is 302 g/mol. The molecule has 1 saturated carbocycles. The first-order chi connectivity index (χ1) is 10.3. The molecule has 1 aromatic rings. The van der Waals surface area contributed by atoms with Crippen LogP contribution in [0.3, 0.4) is 0 Å². The van der Waals surface area contributed by atoms with Crippen LogP contribution in [-0.2, 0) is 16.7 Å². The van der Waals surface area contributed by atoms with Crippen molar-refractivity contribution in [3.8, 4) is 0 Å². The van der Waals surface area contributed by atoms with Crippen molar-refractivity contribution < 1.29 is 9.53 Å². The number of fused-ring (bicyclic) bond motifs is 1. The van der Waals surface area contributed by atoms with E-state index in [2.05, 4.69) is 12.1 Å². The summed E-state index contributed by atoms with van der Waals surface area (Å²) in [6.45, 7) is 6.41. The third-order valence-electron chi connectivity index (χ3n) is 4.63. The Morgan fingerprint density at radius 2 is 2.00 bits per heavy atom. The van der Waals surface area contributed by atoms with Crippen LogP contribution in [0.5, 0.6) is 0 Å². The van der Waals surface area contributed by atoms with E-state index in [0.717, 1.165) is 37.9 Å². The smallest absolute Gasteiger partial charge is 0.414 e. The van der Waals surface area contributed by atoms with Crippen LogP contribution in [0.25, 0.3) is 0 Å². The van der Waals surface area contributed by atoms with Gasteiger partial charge in [0.1, 0.15) is 5.60 Å². The Labute approximate surface area is 132 Å². The van der Waals surface area contributed by atoms with Gasteiger partial charge in [0.25, 0.3) is 0 Å². The highest BCUT2D eigenvalue weighted by atomic mass is 16.6. The molecule has 1 fully saturated rings. The van der Waals surface area contributed by atoms with Crippen molar-refractivity contribution >= 4 is 11.8 Å². The van der Waals surface area contributed by atoms with Gasteiger partial charge in [0, 0.05) is 12.1 Å². The fourth-order valence-electron chi connectivity index (χ4n) is 3.26. The van der Waals surface area contributed by atoms with Gasteiger partial charge in [-0.25, -0.2) is 4.79 Å². The molecular formula is C18H26N2O2. The van der Waals surface area contributed by atoms with Gasteiger partial charge in [-0.1, -0.05) is 12.1 Å². The average Bonchev–Trinajstić information content (AvgIpc) is 2.41. The van der Waals surface area contributed by atoms with E-state index >= 15 is 0 Å². The second kappa shape index (κ2) is 5.27. The zero-order valence-corrected chi connectivity index (χ0v) is 13.8. The van der Waals surface area contributed by atoms with E-state index in [0.29, 0.717) is 0 Å². The predicted octanol–water partition coefficient (Wildman–Crippen LogP) is 3.71. The summed E-state index contributed by atoms with van der Waals surface area (Å²) in [7, 11) is 0. The van der Waals surface area contributed by atoms with Gasteiger partial charge >= 0.3 is 6.09 Å². The van der Waals surface area contributed by atoms with Gasteiger partial charge in [-0.15, -0.1) is 0 Å². The molecule has 0 saturated heterocycles. The number of hydrogen-bond donors (Lipinski definition) is 1. The predicted molar refractivity (Wildman–Crippen MR) is 88.1 cm³/mol. The Morgan fingerprint density at radius 3 is 2.59 bits per heavy atom. The molecule has 2 aliphatic rings. The summed E-state index contributed by atoms with van der Waals surface area (Å²) >= 11 is 0. The highest BCUT2D eigenvalue weighted by molar-refractivity contribution is 5.89. The minimum Gasteiger partial charge on any atom is -0.443 e. The first kappa shape index (κ1) is 15.3. The first-order valence-electron chi connectivity index (χ1n) is 8.21. The number of aryl methyl sites for hydroxylation is 1. The summed E-state index contributed by atoms with van der Waals surface area (Å²) in [5.74, 6) is 0. The minimum atomic E-state index is -0.470. The van der Waals surface area contributed by atoms with Crippen molar-refractivity contribution in [2.45, 2.75) is 64.0 Å². The normalized spacial score (nSPS) is 20.1. The molecule has 3 rings (SSSR count). The van der Waals surface area contributed by atoms with Crippen molar-refractivity contribution in [2.24, 2.45) is 5.73 Å². The largest absolute Gasteiger partial charge is 0.443 e. The molecule has 2 N–H and O–H groups in total. The van der Waals surface area contributed by atoms with Crippen LogP contribution in [-0.4, -0.2) is 18.2 Å². The molecular weight excluding hydrogens is 276 g/mol. The van der Waals surface area contributed by atoms with Crippen molar-refractivity contribution in [3.63, 3.8) is 0 Å². The quantitative estimate of drug-likeness (QED) is 0.860. The van der Waals surface area contributed by atoms with Crippen LogP contribution >= 0.6 is 0 Å². The van der Waals surface area contributed by atoms with Crippen molar-refractivity contribution in [3.05, 3.63) is 29.3 Å². The number of anilines is 1. The lowest BCUT2D eigenvalue weighted by molar-refractivity contribution is 0.0578. The summed E-state index contributed by atoms with van der Waals surface area (Å²) in [4.78, 5) is 14.2. The molecule has 1 heterocycles. The molecule has 1 aliphatic carbocycles. The number of hydrogen-bond acceptors (Lipinski definition) is 3. The maximum Gasteiger partial charge on any atom is 0.414 e. The molecule has 1 aromatic carbocycles. The Balaban J connectivity index is 1.86. The van der Waals surface area contributed by atoms with E-state index in [1.165, 1.54) is 17.5 Å². The zero-order chi connectivity index (χ0) is 16.0. The van der Waals surface area contributed by atoms with Crippen LogP contribution in [0, 0.1) is 0 Å². The molecule has 1 amide bonds. The first-order valence-corrected chi connectivity index (χ1v) is 8.21. The number of carbonyl (C=O) groups is 1. The monoisotopic (exact) mass is 302 g/mol. The van der Waals surface area contributed by atoms with Crippen molar-refractivity contribution in [1.82, 2.24) is 0 Å². The maximum absolute atomic E-state index is 12.4. The lowest BCUT2D eigenvalue weighted by Crippen LogP contribution is -2.44. The molecule has 1 aliphatic heterocycles. The van der Waals surface area contributed by atoms with E-state index in [1.54, 1.807) is 4.90 Å². The van der Waals surface area contributed by atoms with E-state index in [9.17, 15) is 4.79 Å². The lowest BCUT2D eigenvalue weighted by atomic mass is 9.72. The summed E-state index contributed by atoms with van der Waals surface area (Å²) in [6.07, 6.45) is 5.03. The number of benzene rings is 1. The zero-order valence-electron chi connectivity index (χ0n) is 13.8. The summed E-state index contributed by atoms with van der Waals surface area (Å²) in [6, 6.07) is 6.33. The fourth-order valence-corrected chi connectivity index (χ4v) is 3.26. The van der Waals surface area contributed by atoms with Crippen LogP contribution in [0.2, 0.25) is 0 Å². The summed E-state index contributed by atoms with van der Waals surface area (Å²) in [5, 5.41) is 0. The summed E-state index contributed by atoms with van der Waals surface area (Å²) in [5.41, 5.74) is 9.21. The molecule has 4 heteroatoms. The molecule has 0 spiro atoms. The van der Waals surface area contributed by atoms with Crippen LogP contribution < -0.4 is 10.6 Å². The van der Waals surface area contributed by atoms with Crippen LogP contribution in [0.4, 0.5) is 10.5 Å². The van der Waals surface area contributed by atoms with E-state index in [1.807, 2.05) is 26.8 Å². The Morgan fingerprint density at radius 1 is 1.27 bits per heavy atom. The van der Waals surface area contributed by atoms with Gasteiger partial charge in [-0.05, 0) is 70.1 Å². The standard InChI is InChI=1S/C18H26N2O2/c1-17(2,3)22-16(21)20-11-4-6-13-12-14(7-8-15(13)20)18(19)9-5-10-18/h7-8,12H,4-6,9-11,19H2,1-3H3. The molecule has 0 aromatic heterocycles. The number of amides is 1. The summed E-state index contributed by atoms with van der Waals surface area (Å²) < 4.78 is 5.53. The van der Waals surface area contributed by atoms with Gasteiger partial charge in [-0.3, -0.25) is 4.90 Å². The molecule has 120 valence electrons. The lowest BCUT2D eigenvalue weighted by Gasteiger charge is -2.40. The third-order valence-corrected chi connectivity index (χ3v) is 4.63. The number of nitrogens with zero attached hydrogens (tertiary/aromatic N) is 1. The number of ether oxygens (including phenoxy) is 1. The van der Waals surface area contributed by atoms with Crippen molar-refractivity contribution in [1.29, 1.82) is 0 Å². The number of carbonyl (C=O) groups excluding carboxylic acids is 1. The number of rotatable bonds is 1. The number of nitrogens with two attached hydrogens (primary N) is 1. The SMILES string of the molecule is CC(C)(C)OC(=O)N1CCCc2cc(C3(N)CCC3)ccc21. The van der Waals surface area contributed by atoms with E-state index in [4.69, 9.17) is 10.5 Å². The highest BCUT2D eigenvalue weighted by Crippen LogP contribution is 2.41. The molecule has 4 nitrogen and oxygen atoms in total. The van der Waals surface area contributed by atoms with Gasteiger partial charge in [-0.2, -0.15) is 0 Å². The fraction of sp³-hybridized carbons (Fsp3) is 0.611. The van der Waals surface area contributed by atoms with Crippen LogP contribution in [0.1, 0.15) is 57.6 Å². The Kier molecular flexibility index (Phi) is 3.68. The van der Waals surface area contributed by atoms with Gasteiger partial charge < -0.3 is 10.5 Å². The Bertz CT molecular complexity index is 585. The maximum atomic E-state index is 12.4. The molecule has 0 bridgehead atoms. The van der Waals surface area contributed by atoms with Crippen LogP contribution in [0.15, 0.2) is 18.2 Å². The third kappa shape index (κ3) is 2.84. The Hall–Kier alpha value is -1.55. The van der Waals surface area contributed by atoms with Crippen molar-refractivity contribution in [2.75, 3.05) is 11.4 Å². The van der Waals surface area contributed by atoms with E-state index < -0.39 is 5.60 Å². The second-order valence-electron chi connectivity index (χ2n) is 7.59. The van der Waals surface area contributed by atoms with E-state index in [-0.39, 0.29) is 11.6 Å². The second-order valence-corrected chi connectivity index (χ2v) is 7.59. The molecule has 22 heavy (non-hydrogen) atoms. The topological polar surface area (TPSA) is 55.6 Å². The van der Waals surface area contributed by atoms with Gasteiger partial charge in [0.15, 0.2) is 0 Å². The molecule has 0 unspecified atom stereocenters. The minimum absolute atomic E-state index is 0.150. The molecule has 0 radical (unpaired) electrons. The molecule has 0 atom stereocenters.